The van der Waals surface area contributed by atoms with Crippen molar-refractivity contribution in [3.05, 3.63) is 59.9 Å². The van der Waals surface area contributed by atoms with Crippen molar-refractivity contribution < 1.29 is 13.9 Å². The van der Waals surface area contributed by atoms with Crippen LogP contribution < -0.4 is 20.3 Å². The van der Waals surface area contributed by atoms with Crippen LogP contribution >= 0.6 is 0 Å². The summed E-state index contributed by atoms with van der Waals surface area (Å²) in [5.74, 6) is 1.34. The van der Waals surface area contributed by atoms with Crippen LogP contribution in [0.5, 0.6) is 5.75 Å². The van der Waals surface area contributed by atoms with Crippen LogP contribution in [0.4, 0.5) is 10.1 Å². The molecule has 1 aliphatic heterocycles. The second-order valence-corrected chi connectivity index (χ2v) is 7.26. The number of anilines is 1. The maximum atomic E-state index is 13.1. The molecule has 2 aromatic rings. The number of ether oxygens (including phenoxy) is 1. The van der Waals surface area contributed by atoms with Crippen LogP contribution in [0, 0.1) is 5.82 Å². The molecular formula is C23H30FN5O2. The van der Waals surface area contributed by atoms with Gasteiger partial charge in [0.05, 0.1) is 7.11 Å². The molecule has 0 aromatic heterocycles. The van der Waals surface area contributed by atoms with Crippen molar-refractivity contribution in [3.63, 3.8) is 0 Å². The van der Waals surface area contributed by atoms with Crippen LogP contribution in [0.2, 0.25) is 0 Å². The molecule has 166 valence electrons. The molecule has 0 unspecified atom stereocenters. The van der Waals surface area contributed by atoms with Gasteiger partial charge in [0, 0.05) is 64.0 Å². The van der Waals surface area contributed by atoms with Gasteiger partial charge in [-0.25, -0.2) is 4.39 Å². The van der Waals surface area contributed by atoms with Crippen LogP contribution in [-0.2, 0) is 11.3 Å². The summed E-state index contributed by atoms with van der Waals surface area (Å²) in [6.45, 7) is 3.89. The molecule has 0 bridgehead atoms. The molecule has 0 saturated carbocycles. The first kappa shape index (κ1) is 22.4. The quantitative estimate of drug-likeness (QED) is 0.524. The number of benzene rings is 2. The summed E-state index contributed by atoms with van der Waals surface area (Å²) in [4.78, 5) is 20.8. The van der Waals surface area contributed by atoms with Crippen molar-refractivity contribution in [2.75, 3.05) is 51.8 Å². The van der Waals surface area contributed by atoms with E-state index in [0.717, 1.165) is 30.1 Å². The lowest BCUT2D eigenvalue weighted by atomic mass is 10.2. The lowest BCUT2D eigenvalue weighted by molar-refractivity contribution is -0.131. The molecule has 31 heavy (non-hydrogen) atoms. The minimum Gasteiger partial charge on any atom is -0.496 e. The largest absolute Gasteiger partial charge is 0.496 e. The third-order valence-corrected chi connectivity index (χ3v) is 5.32. The molecule has 0 atom stereocenters. The molecule has 1 heterocycles. The van der Waals surface area contributed by atoms with E-state index in [9.17, 15) is 9.18 Å². The molecule has 1 amide bonds. The van der Waals surface area contributed by atoms with Gasteiger partial charge < -0.3 is 25.2 Å². The Labute approximate surface area is 182 Å². The first-order valence-corrected chi connectivity index (χ1v) is 10.5. The number of aliphatic imine (C=N–C) groups is 1. The summed E-state index contributed by atoms with van der Waals surface area (Å²) in [6.07, 6.45) is 0.395. The Morgan fingerprint density at radius 1 is 1.06 bits per heavy atom. The summed E-state index contributed by atoms with van der Waals surface area (Å²) >= 11 is 0. The topological polar surface area (TPSA) is 69.2 Å². The summed E-state index contributed by atoms with van der Waals surface area (Å²) in [7, 11) is 3.35. The number of amides is 1. The first-order valence-electron chi connectivity index (χ1n) is 10.5. The minimum atomic E-state index is -0.238. The standard InChI is InChI=1S/C23H30FN5O2/c1-25-23(27-17-18-5-3-4-6-21(18)31-2)26-12-11-22(30)29-15-13-28(14-16-29)20-9-7-19(24)8-10-20/h3-10H,11-17H2,1-2H3,(H2,25,26,27). The van der Waals surface area contributed by atoms with Gasteiger partial charge in [-0.05, 0) is 30.3 Å². The van der Waals surface area contributed by atoms with Crippen LogP contribution in [0.3, 0.4) is 0 Å². The zero-order valence-electron chi connectivity index (χ0n) is 18.1. The monoisotopic (exact) mass is 427 g/mol. The Morgan fingerprint density at radius 3 is 2.45 bits per heavy atom. The van der Waals surface area contributed by atoms with Crippen molar-refractivity contribution in [1.29, 1.82) is 0 Å². The number of halogens is 1. The average Bonchev–Trinajstić information content (AvgIpc) is 2.82. The van der Waals surface area contributed by atoms with E-state index in [1.807, 2.05) is 29.2 Å². The summed E-state index contributed by atoms with van der Waals surface area (Å²) in [6, 6.07) is 14.3. The SMILES string of the molecule is CN=C(NCCC(=O)N1CCN(c2ccc(F)cc2)CC1)NCc1ccccc1OC. The minimum absolute atomic E-state index is 0.117. The number of guanidine groups is 1. The third kappa shape index (κ3) is 6.34. The highest BCUT2D eigenvalue weighted by Crippen LogP contribution is 2.18. The fraction of sp³-hybridized carbons (Fsp3) is 0.391. The number of para-hydroxylation sites is 1. The number of hydrogen-bond acceptors (Lipinski definition) is 4. The third-order valence-electron chi connectivity index (χ3n) is 5.32. The Balaban J connectivity index is 1.38. The number of piperazine rings is 1. The normalized spacial score (nSPS) is 14.4. The zero-order chi connectivity index (χ0) is 22.1. The lowest BCUT2D eigenvalue weighted by Gasteiger charge is -2.36. The smallest absolute Gasteiger partial charge is 0.224 e. The molecule has 7 nitrogen and oxygen atoms in total. The summed E-state index contributed by atoms with van der Waals surface area (Å²) in [5.41, 5.74) is 2.02. The van der Waals surface area contributed by atoms with E-state index in [1.165, 1.54) is 12.1 Å². The van der Waals surface area contributed by atoms with E-state index < -0.39 is 0 Å². The van der Waals surface area contributed by atoms with Gasteiger partial charge in [0.1, 0.15) is 11.6 Å². The molecule has 0 aliphatic carbocycles. The van der Waals surface area contributed by atoms with E-state index in [2.05, 4.69) is 20.5 Å². The van der Waals surface area contributed by atoms with Crippen molar-refractivity contribution >= 4 is 17.6 Å². The number of hydrogen-bond donors (Lipinski definition) is 2. The molecule has 2 aromatic carbocycles. The maximum Gasteiger partial charge on any atom is 0.224 e. The number of nitrogens with zero attached hydrogens (tertiary/aromatic N) is 3. The van der Waals surface area contributed by atoms with Crippen molar-refractivity contribution in [3.8, 4) is 5.75 Å². The first-order chi connectivity index (χ1) is 15.1. The highest BCUT2D eigenvalue weighted by atomic mass is 19.1. The molecule has 1 fully saturated rings. The van der Waals surface area contributed by atoms with E-state index in [1.54, 1.807) is 26.3 Å². The van der Waals surface area contributed by atoms with Gasteiger partial charge in [0.25, 0.3) is 0 Å². The molecule has 8 heteroatoms. The van der Waals surface area contributed by atoms with Gasteiger partial charge in [-0.15, -0.1) is 0 Å². The van der Waals surface area contributed by atoms with Crippen molar-refractivity contribution in [1.82, 2.24) is 15.5 Å². The van der Waals surface area contributed by atoms with Crippen molar-refractivity contribution in [2.45, 2.75) is 13.0 Å². The molecule has 0 radical (unpaired) electrons. The van der Waals surface area contributed by atoms with E-state index in [-0.39, 0.29) is 11.7 Å². The molecule has 0 spiro atoms. The Hall–Kier alpha value is -3.29. The second-order valence-electron chi connectivity index (χ2n) is 7.26. The predicted octanol–water partition coefficient (Wildman–Crippen LogP) is 2.24. The number of methoxy groups -OCH3 is 1. The summed E-state index contributed by atoms with van der Waals surface area (Å²) in [5, 5.41) is 6.43. The van der Waals surface area contributed by atoms with Crippen LogP contribution in [0.1, 0.15) is 12.0 Å². The molecule has 3 rings (SSSR count). The number of carbonyl (C=O) groups is 1. The Morgan fingerprint density at radius 2 is 1.77 bits per heavy atom. The molecule has 2 N–H and O–H groups in total. The summed E-state index contributed by atoms with van der Waals surface area (Å²) < 4.78 is 18.5. The molecule has 1 aliphatic rings. The van der Waals surface area contributed by atoms with Crippen LogP contribution in [-0.4, -0.2) is 63.6 Å². The van der Waals surface area contributed by atoms with E-state index in [0.29, 0.717) is 38.6 Å². The van der Waals surface area contributed by atoms with E-state index >= 15 is 0 Å². The zero-order valence-corrected chi connectivity index (χ0v) is 18.1. The highest BCUT2D eigenvalue weighted by molar-refractivity contribution is 5.81. The van der Waals surface area contributed by atoms with Gasteiger partial charge >= 0.3 is 0 Å². The Kier molecular flexibility index (Phi) is 8.09. The van der Waals surface area contributed by atoms with Crippen LogP contribution in [0.15, 0.2) is 53.5 Å². The maximum absolute atomic E-state index is 13.1. The van der Waals surface area contributed by atoms with Gasteiger partial charge in [-0.3, -0.25) is 9.79 Å². The molecular weight excluding hydrogens is 397 g/mol. The van der Waals surface area contributed by atoms with Crippen LogP contribution in [0.25, 0.3) is 0 Å². The average molecular weight is 428 g/mol. The number of rotatable bonds is 7. The number of carbonyl (C=O) groups excluding carboxylic acids is 1. The van der Waals surface area contributed by atoms with Gasteiger partial charge in [-0.1, -0.05) is 18.2 Å². The number of nitrogens with one attached hydrogen (secondary N) is 2. The second kappa shape index (κ2) is 11.2. The van der Waals surface area contributed by atoms with Crippen molar-refractivity contribution in [2.24, 2.45) is 4.99 Å². The van der Waals surface area contributed by atoms with E-state index in [4.69, 9.17) is 4.74 Å². The van der Waals surface area contributed by atoms with Gasteiger partial charge in [0.2, 0.25) is 5.91 Å². The van der Waals surface area contributed by atoms with Gasteiger partial charge in [0.15, 0.2) is 5.96 Å². The Bertz CT molecular complexity index is 880. The lowest BCUT2D eigenvalue weighted by Crippen LogP contribution is -2.49. The predicted molar refractivity (Wildman–Crippen MR) is 121 cm³/mol. The highest BCUT2D eigenvalue weighted by Gasteiger charge is 2.21. The molecule has 1 saturated heterocycles. The fourth-order valence-electron chi connectivity index (χ4n) is 3.56. The van der Waals surface area contributed by atoms with Gasteiger partial charge in [-0.2, -0.15) is 0 Å². The fourth-order valence-corrected chi connectivity index (χ4v) is 3.56.